The molecule has 0 spiro atoms. The first-order chi connectivity index (χ1) is 15.1. The highest BCUT2D eigenvalue weighted by atomic mass is 35.5. The van der Waals surface area contributed by atoms with Crippen LogP contribution in [0.3, 0.4) is 0 Å². The number of benzene rings is 2. The van der Waals surface area contributed by atoms with Crippen LogP contribution in [-0.4, -0.2) is 66.6 Å². The van der Waals surface area contributed by atoms with Gasteiger partial charge in [-0.1, -0.05) is 35.9 Å². The first-order valence-electron chi connectivity index (χ1n) is 9.70. The predicted octanol–water partition coefficient (Wildman–Crippen LogP) is 1.90. The van der Waals surface area contributed by atoms with E-state index in [4.69, 9.17) is 11.6 Å². The largest absolute Gasteiger partial charge is 0.340 e. The van der Waals surface area contributed by atoms with Gasteiger partial charge in [0.15, 0.2) is 4.90 Å². The second-order valence-corrected chi connectivity index (χ2v) is 9.44. The number of hydrogen-bond acceptors (Lipinski definition) is 6. The van der Waals surface area contributed by atoms with Gasteiger partial charge in [0.25, 0.3) is 11.6 Å². The van der Waals surface area contributed by atoms with Gasteiger partial charge < -0.3 is 10.2 Å². The molecular formula is C20H21ClN4O6S. The smallest absolute Gasteiger partial charge is 0.289 e. The Kier molecular flexibility index (Phi) is 7.12. The average molecular weight is 481 g/mol. The number of nitrogens with one attached hydrogen (secondary N) is 1. The standard InChI is InChI=1S/C20H21ClN4O6S/c1-14(22-19(26)15-6-2-3-7-16(15)21)20(27)23-10-12-24(13-11-23)32(30,31)18-9-5-4-8-17(18)25(28)29/h2-9,14H,10-13H2,1H3,(H,22,26)/t14-/m0/s1. The molecule has 0 aliphatic carbocycles. The summed E-state index contributed by atoms with van der Waals surface area (Å²) in [5.74, 6) is -0.859. The lowest BCUT2D eigenvalue weighted by molar-refractivity contribution is -0.387. The molecule has 3 rings (SSSR count). The van der Waals surface area contributed by atoms with Gasteiger partial charge in [-0.15, -0.1) is 0 Å². The molecule has 2 amide bonds. The molecular weight excluding hydrogens is 460 g/mol. The normalized spacial score (nSPS) is 15.8. The summed E-state index contributed by atoms with van der Waals surface area (Å²) in [5, 5.41) is 14.1. The van der Waals surface area contributed by atoms with E-state index in [-0.39, 0.29) is 47.6 Å². The number of amides is 2. The summed E-state index contributed by atoms with van der Waals surface area (Å²) < 4.78 is 26.9. The number of sulfonamides is 1. The molecule has 1 atom stereocenters. The van der Waals surface area contributed by atoms with E-state index in [0.29, 0.717) is 0 Å². The number of nitro groups is 1. The lowest BCUT2D eigenvalue weighted by atomic mass is 10.2. The Morgan fingerprint density at radius 2 is 1.66 bits per heavy atom. The molecule has 32 heavy (non-hydrogen) atoms. The lowest BCUT2D eigenvalue weighted by Crippen LogP contribution is -2.55. The summed E-state index contributed by atoms with van der Waals surface area (Å²) >= 11 is 6.01. The zero-order chi connectivity index (χ0) is 23.5. The maximum atomic E-state index is 12.9. The van der Waals surface area contributed by atoms with Crippen LogP contribution in [0.15, 0.2) is 53.4 Å². The van der Waals surface area contributed by atoms with Crippen LogP contribution >= 0.6 is 11.6 Å². The van der Waals surface area contributed by atoms with Crippen molar-refractivity contribution in [2.75, 3.05) is 26.2 Å². The summed E-state index contributed by atoms with van der Waals surface area (Å²) in [6.07, 6.45) is 0. The van der Waals surface area contributed by atoms with Gasteiger partial charge in [0.1, 0.15) is 6.04 Å². The van der Waals surface area contributed by atoms with Crippen LogP contribution in [0.2, 0.25) is 5.02 Å². The van der Waals surface area contributed by atoms with Crippen LogP contribution < -0.4 is 5.32 Å². The van der Waals surface area contributed by atoms with Crippen LogP contribution in [0.4, 0.5) is 5.69 Å². The lowest BCUT2D eigenvalue weighted by Gasteiger charge is -2.35. The molecule has 0 bridgehead atoms. The molecule has 10 nitrogen and oxygen atoms in total. The van der Waals surface area contributed by atoms with E-state index in [2.05, 4.69) is 5.32 Å². The Morgan fingerprint density at radius 1 is 1.06 bits per heavy atom. The molecule has 1 N–H and O–H groups in total. The molecule has 0 saturated carbocycles. The summed E-state index contributed by atoms with van der Waals surface area (Å²) in [6, 6.07) is 10.7. The number of nitro benzene ring substituents is 1. The topological polar surface area (TPSA) is 130 Å². The van der Waals surface area contributed by atoms with E-state index in [9.17, 15) is 28.1 Å². The molecule has 1 saturated heterocycles. The third-order valence-electron chi connectivity index (χ3n) is 5.07. The summed E-state index contributed by atoms with van der Waals surface area (Å²) in [7, 11) is -4.10. The van der Waals surface area contributed by atoms with Crippen molar-refractivity contribution in [1.29, 1.82) is 0 Å². The molecule has 2 aromatic carbocycles. The third kappa shape index (κ3) is 4.90. The fourth-order valence-corrected chi connectivity index (χ4v) is 5.17. The molecule has 12 heteroatoms. The van der Waals surface area contributed by atoms with Crippen LogP contribution in [0.25, 0.3) is 0 Å². The van der Waals surface area contributed by atoms with Crippen molar-refractivity contribution in [3.8, 4) is 0 Å². The van der Waals surface area contributed by atoms with E-state index in [1.807, 2.05) is 0 Å². The molecule has 0 unspecified atom stereocenters. The molecule has 170 valence electrons. The predicted molar refractivity (Wildman–Crippen MR) is 117 cm³/mol. The number of nitrogens with zero attached hydrogens (tertiary/aromatic N) is 3. The maximum absolute atomic E-state index is 12.9. The first-order valence-corrected chi connectivity index (χ1v) is 11.5. The zero-order valence-corrected chi connectivity index (χ0v) is 18.7. The highest BCUT2D eigenvalue weighted by Gasteiger charge is 2.35. The van der Waals surface area contributed by atoms with Gasteiger partial charge in [-0.05, 0) is 25.1 Å². The van der Waals surface area contributed by atoms with Gasteiger partial charge >= 0.3 is 0 Å². The second-order valence-electron chi connectivity index (χ2n) is 7.13. The second kappa shape index (κ2) is 9.63. The van der Waals surface area contributed by atoms with Crippen LogP contribution in [-0.2, 0) is 14.8 Å². The minimum absolute atomic E-state index is 0.0225. The molecule has 1 heterocycles. The number of rotatable bonds is 6. The summed E-state index contributed by atoms with van der Waals surface area (Å²) in [4.78, 5) is 36.7. The monoisotopic (exact) mass is 480 g/mol. The quantitative estimate of drug-likeness (QED) is 0.496. The van der Waals surface area contributed by atoms with E-state index >= 15 is 0 Å². The first kappa shape index (κ1) is 23.6. The van der Waals surface area contributed by atoms with Gasteiger partial charge in [-0.2, -0.15) is 4.31 Å². The van der Waals surface area contributed by atoms with Gasteiger partial charge in [-0.25, -0.2) is 8.42 Å². The fraction of sp³-hybridized carbons (Fsp3) is 0.300. The number of carbonyl (C=O) groups is 2. The highest BCUT2D eigenvalue weighted by molar-refractivity contribution is 7.89. The maximum Gasteiger partial charge on any atom is 0.289 e. The van der Waals surface area contributed by atoms with Crippen LogP contribution in [0.5, 0.6) is 0 Å². The van der Waals surface area contributed by atoms with E-state index < -0.39 is 32.6 Å². The van der Waals surface area contributed by atoms with Crippen LogP contribution in [0.1, 0.15) is 17.3 Å². The Bertz CT molecular complexity index is 1150. The molecule has 1 fully saturated rings. The van der Waals surface area contributed by atoms with Crippen molar-refractivity contribution >= 4 is 39.1 Å². The Labute approximate surface area is 190 Å². The zero-order valence-electron chi connectivity index (χ0n) is 17.1. The fourth-order valence-electron chi connectivity index (χ4n) is 3.37. The van der Waals surface area contributed by atoms with Crippen molar-refractivity contribution in [3.63, 3.8) is 0 Å². The average Bonchev–Trinajstić information content (AvgIpc) is 2.78. The molecule has 1 aliphatic heterocycles. The number of carbonyl (C=O) groups excluding carboxylic acids is 2. The van der Waals surface area contributed by atoms with Crippen molar-refractivity contribution < 1.29 is 22.9 Å². The summed E-state index contributed by atoms with van der Waals surface area (Å²) in [6.45, 7) is 1.67. The van der Waals surface area contributed by atoms with Gasteiger partial charge in [0.05, 0.1) is 15.5 Å². The molecule has 1 aliphatic rings. The Morgan fingerprint density at radius 3 is 2.28 bits per heavy atom. The Hall–Kier alpha value is -3.02. The molecule has 0 radical (unpaired) electrons. The van der Waals surface area contributed by atoms with Crippen LogP contribution in [0, 0.1) is 10.1 Å². The van der Waals surface area contributed by atoms with Gasteiger partial charge in [0, 0.05) is 32.2 Å². The third-order valence-corrected chi connectivity index (χ3v) is 7.34. The van der Waals surface area contributed by atoms with E-state index in [0.717, 1.165) is 10.4 Å². The SMILES string of the molecule is C[C@H](NC(=O)c1ccccc1Cl)C(=O)N1CCN(S(=O)(=O)c2ccccc2[N+](=O)[O-])CC1. The molecule has 0 aromatic heterocycles. The highest BCUT2D eigenvalue weighted by Crippen LogP contribution is 2.27. The Balaban J connectivity index is 1.64. The van der Waals surface area contributed by atoms with Gasteiger partial charge in [-0.3, -0.25) is 19.7 Å². The van der Waals surface area contributed by atoms with Gasteiger partial charge in [0.2, 0.25) is 15.9 Å². The summed E-state index contributed by atoms with van der Waals surface area (Å²) in [5.41, 5.74) is -0.254. The number of piperazine rings is 1. The molecule has 2 aromatic rings. The van der Waals surface area contributed by atoms with E-state index in [1.165, 1.54) is 30.0 Å². The minimum atomic E-state index is -4.10. The number of hydrogen-bond donors (Lipinski definition) is 1. The van der Waals surface area contributed by atoms with E-state index in [1.54, 1.807) is 24.3 Å². The van der Waals surface area contributed by atoms with Crippen molar-refractivity contribution in [3.05, 3.63) is 69.2 Å². The minimum Gasteiger partial charge on any atom is -0.340 e. The van der Waals surface area contributed by atoms with Crippen molar-refractivity contribution in [2.24, 2.45) is 0 Å². The van der Waals surface area contributed by atoms with Crippen molar-refractivity contribution in [1.82, 2.24) is 14.5 Å². The number of halogens is 1. The van der Waals surface area contributed by atoms with Crippen molar-refractivity contribution in [2.45, 2.75) is 17.9 Å². The number of para-hydroxylation sites is 1.